The van der Waals surface area contributed by atoms with E-state index in [4.69, 9.17) is 53.8 Å². The molecule has 28 heteroatoms. The first-order valence-corrected chi connectivity index (χ1v) is 37.1. The van der Waals surface area contributed by atoms with E-state index in [0.717, 1.165) is 87.8 Å². The van der Waals surface area contributed by atoms with Crippen LogP contribution < -0.4 is 21.3 Å². The van der Waals surface area contributed by atoms with E-state index in [2.05, 4.69) is 21.3 Å². The number of hydrogen-bond acceptors (Lipinski definition) is 17. The van der Waals surface area contributed by atoms with Crippen LogP contribution in [-0.2, 0) is 18.9 Å². The number of hydrogen-bond donors (Lipinski definition) is 4. The predicted octanol–water partition coefficient (Wildman–Crippen LogP) is 15.2. The summed E-state index contributed by atoms with van der Waals surface area (Å²) in [4.78, 5) is 125. The molecule has 3 fully saturated rings. The van der Waals surface area contributed by atoms with Gasteiger partial charge in [-0.05, 0) is 197 Å². The van der Waals surface area contributed by atoms with E-state index in [1.165, 1.54) is 27.6 Å². The highest BCUT2D eigenvalue weighted by molar-refractivity contribution is 7.18. The van der Waals surface area contributed by atoms with Crippen molar-refractivity contribution >= 4 is 139 Å². The number of imide groups is 1. The number of ether oxygens (including phenoxy) is 4. The standard InChI is InChI=1S/2C26H32ClN3O5S.C20H20ClN3O3S/c1-26(2,3)35-25(33)29-13-10-16(11-14-29)12-15-30-23(32)21-17(24(30)34-4)6-5-7-18(21)28-22(31)19-8-9-20(27)36-19;1-26(2,3)35-25(33)29-13-10-16(11-14-29)12-15-30-23(32)17-6-5-7-18(21(17)24(30)34-4)28-22(31)19-8-9-20(27)36-19;21-16-5-4-15(28-16)18(25)23-14-3-1-2-13-17(14)20(27)24(19(13)26)11-8-12-6-9-22-10-7-12/h2*5-9,16,24H,10-15H2,1-4H3,(H,28,31);1-5,12,22H,6-11H2,(H,23,25). The van der Waals surface area contributed by atoms with Gasteiger partial charge in [-0.3, -0.25) is 38.5 Å². The van der Waals surface area contributed by atoms with Crippen LogP contribution in [0.2, 0.25) is 13.0 Å². The molecule has 0 saturated carbocycles. The van der Waals surface area contributed by atoms with Crippen LogP contribution in [0, 0.1) is 17.8 Å². The van der Waals surface area contributed by atoms with Gasteiger partial charge in [-0.1, -0.05) is 59.1 Å². The van der Waals surface area contributed by atoms with E-state index in [-0.39, 0.29) is 59.1 Å². The van der Waals surface area contributed by atoms with E-state index in [0.29, 0.717) is 131 Å². The van der Waals surface area contributed by atoms with E-state index in [1.807, 2.05) is 53.7 Å². The quantitative estimate of drug-likeness (QED) is 0.0620. The average Bonchev–Trinajstić information content (AvgIpc) is 1.63. The van der Waals surface area contributed by atoms with Gasteiger partial charge in [0.25, 0.3) is 41.4 Å². The van der Waals surface area contributed by atoms with Crippen LogP contribution in [0.3, 0.4) is 0 Å². The molecule has 6 aliphatic heterocycles. The maximum Gasteiger partial charge on any atom is 0.410 e. The summed E-state index contributed by atoms with van der Waals surface area (Å²) in [6, 6.07) is 25.6. The lowest BCUT2D eigenvalue weighted by atomic mass is 9.93. The third-order valence-electron chi connectivity index (χ3n) is 18.1. The molecule has 9 amide bonds. The van der Waals surface area contributed by atoms with Crippen LogP contribution in [0.15, 0.2) is 91.0 Å². The van der Waals surface area contributed by atoms with Crippen LogP contribution in [0.25, 0.3) is 0 Å². The number of anilines is 3. The number of methoxy groups -OCH3 is 2. The fraction of sp³-hybridized carbons (Fsp3) is 0.458. The van der Waals surface area contributed by atoms with Crippen LogP contribution in [-0.4, -0.2) is 162 Å². The second-order valence-electron chi connectivity index (χ2n) is 27.3. The number of carbonyl (C=O) groups is 9. The molecule has 100 heavy (non-hydrogen) atoms. The minimum Gasteiger partial charge on any atom is -0.444 e. The largest absolute Gasteiger partial charge is 0.444 e. The van der Waals surface area contributed by atoms with Crippen LogP contribution >= 0.6 is 68.8 Å². The Morgan fingerprint density at radius 1 is 0.480 bits per heavy atom. The SMILES string of the molecule is COC1c2c(NC(=O)c3ccc(Cl)s3)cccc2C(=O)N1CCC1CCN(C(=O)OC(C)(C)C)CC1.COC1c2cccc(NC(=O)c3ccc(Cl)s3)c2C(=O)N1CCC1CCN(C(=O)OC(C)(C)C)CC1.O=C(Nc1cccc2c1C(=O)N(CCC1CCNCC1)C2=O)c1ccc(Cl)s1. The molecule has 6 aliphatic rings. The average molecular weight is 1490 g/mol. The fourth-order valence-electron chi connectivity index (χ4n) is 13.1. The smallest absolute Gasteiger partial charge is 0.410 e. The molecule has 3 aromatic carbocycles. The molecule has 0 aliphatic carbocycles. The van der Waals surface area contributed by atoms with Crippen molar-refractivity contribution < 1.29 is 62.1 Å². The number of piperidine rings is 3. The van der Waals surface area contributed by atoms with Gasteiger partial charge < -0.3 is 59.8 Å². The van der Waals surface area contributed by atoms with Gasteiger partial charge in [0.15, 0.2) is 12.5 Å². The number of thiophene rings is 3. The summed E-state index contributed by atoms with van der Waals surface area (Å²) < 4.78 is 24.0. The van der Waals surface area contributed by atoms with Gasteiger partial charge in [-0.25, -0.2) is 9.59 Å². The number of amides is 9. The van der Waals surface area contributed by atoms with Gasteiger partial charge in [-0.2, -0.15) is 0 Å². The van der Waals surface area contributed by atoms with Crippen molar-refractivity contribution in [3.8, 4) is 0 Å². The molecule has 12 rings (SSSR count). The minimum absolute atomic E-state index is 0.113. The summed E-state index contributed by atoms with van der Waals surface area (Å²) in [6.45, 7) is 17.2. The number of nitrogens with one attached hydrogen (secondary N) is 4. The first-order valence-electron chi connectivity index (χ1n) is 33.5. The van der Waals surface area contributed by atoms with Gasteiger partial charge in [0, 0.05) is 82.4 Å². The Morgan fingerprint density at radius 2 is 0.890 bits per heavy atom. The number of likely N-dealkylation sites (tertiary alicyclic amines) is 2. The van der Waals surface area contributed by atoms with Crippen LogP contribution in [0.4, 0.5) is 26.7 Å². The summed E-state index contributed by atoms with van der Waals surface area (Å²) in [7, 11) is 3.15. The number of benzene rings is 3. The van der Waals surface area contributed by atoms with E-state index < -0.39 is 23.7 Å². The van der Waals surface area contributed by atoms with E-state index in [1.54, 1.807) is 113 Å². The molecule has 3 aromatic heterocycles. The molecule has 0 bridgehead atoms. The molecule has 3 saturated heterocycles. The second kappa shape index (κ2) is 33.1. The number of rotatable bonds is 17. The molecule has 2 unspecified atom stereocenters. The van der Waals surface area contributed by atoms with Crippen molar-refractivity contribution in [2.75, 3.05) is 89.1 Å². The Labute approximate surface area is 609 Å². The molecule has 22 nitrogen and oxygen atoms in total. The van der Waals surface area contributed by atoms with Crippen LogP contribution in [0.1, 0.15) is 193 Å². The molecule has 0 spiro atoms. The highest BCUT2D eigenvalue weighted by Crippen LogP contribution is 2.42. The summed E-state index contributed by atoms with van der Waals surface area (Å²) in [5, 5.41) is 11.9. The third kappa shape index (κ3) is 18.4. The Balaban J connectivity index is 0.000000163. The minimum atomic E-state index is -0.585. The molecular formula is C72H84Cl3N9O13S3. The maximum atomic E-state index is 13.5. The maximum absolute atomic E-state index is 13.5. The highest BCUT2D eigenvalue weighted by Gasteiger charge is 2.43. The van der Waals surface area contributed by atoms with Crippen LogP contribution in [0.5, 0.6) is 0 Å². The second-order valence-corrected chi connectivity index (χ2v) is 32.4. The highest BCUT2D eigenvalue weighted by atomic mass is 35.5. The zero-order valence-corrected chi connectivity index (χ0v) is 61.9. The van der Waals surface area contributed by atoms with Gasteiger partial charge in [0.05, 0.1) is 55.7 Å². The normalized spacial score (nSPS) is 18.0. The van der Waals surface area contributed by atoms with Crippen molar-refractivity contribution in [1.82, 2.24) is 29.8 Å². The van der Waals surface area contributed by atoms with Crippen molar-refractivity contribution in [3.63, 3.8) is 0 Å². The lowest BCUT2D eigenvalue weighted by Gasteiger charge is -2.34. The lowest BCUT2D eigenvalue weighted by molar-refractivity contribution is -0.0163. The molecule has 4 N–H and O–H groups in total. The third-order valence-corrected chi connectivity index (χ3v) is 21.8. The van der Waals surface area contributed by atoms with Gasteiger partial charge in [-0.15, -0.1) is 34.0 Å². The fourth-order valence-corrected chi connectivity index (χ4v) is 15.9. The van der Waals surface area contributed by atoms with Crippen molar-refractivity contribution in [3.05, 3.63) is 152 Å². The zero-order chi connectivity index (χ0) is 71.7. The number of nitrogens with zero attached hydrogens (tertiary/aromatic N) is 5. The summed E-state index contributed by atoms with van der Waals surface area (Å²) in [5.74, 6) is -0.539. The molecule has 0 radical (unpaired) electrons. The molecule has 534 valence electrons. The Morgan fingerprint density at radius 3 is 1.34 bits per heavy atom. The van der Waals surface area contributed by atoms with E-state index in [9.17, 15) is 43.2 Å². The zero-order valence-electron chi connectivity index (χ0n) is 57.2. The Bertz CT molecular complexity index is 3960. The van der Waals surface area contributed by atoms with Crippen molar-refractivity contribution in [1.29, 1.82) is 0 Å². The molecule has 2 atom stereocenters. The number of carbonyl (C=O) groups excluding carboxylic acids is 9. The number of halogens is 3. The summed E-state index contributed by atoms with van der Waals surface area (Å²) in [6.07, 6.45) is 6.33. The van der Waals surface area contributed by atoms with Gasteiger partial charge >= 0.3 is 12.2 Å². The number of fused-ring (bicyclic) bond motifs is 3. The topological polar surface area (TPSA) is 255 Å². The monoisotopic (exact) mass is 1480 g/mol. The summed E-state index contributed by atoms with van der Waals surface area (Å²) in [5.41, 5.74) is 3.36. The van der Waals surface area contributed by atoms with Gasteiger partial charge in [0.1, 0.15) is 11.2 Å². The Kier molecular flexibility index (Phi) is 24.9. The molecular weight excluding hydrogens is 1400 g/mol. The predicted molar refractivity (Wildman–Crippen MR) is 389 cm³/mol. The molecule has 9 heterocycles. The Hall–Kier alpha value is -7.46. The van der Waals surface area contributed by atoms with Crippen molar-refractivity contribution in [2.45, 2.75) is 123 Å². The van der Waals surface area contributed by atoms with Crippen molar-refractivity contribution in [2.24, 2.45) is 17.8 Å². The van der Waals surface area contributed by atoms with Gasteiger partial charge in [0.2, 0.25) is 0 Å². The van der Waals surface area contributed by atoms with E-state index >= 15 is 0 Å². The molecule has 6 aromatic rings. The first kappa shape index (κ1) is 75.2. The first-order chi connectivity index (χ1) is 47.7. The lowest BCUT2D eigenvalue weighted by Crippen LogP contribution is -2.42. The summed E-state index contributed by atoms with van der Waals surface area (Å²) >= 11 is 21.4.